The number of halogens is 3. The molecule has 0 amide bonds. The lowest BCUT2D eigenvalue weighted by atomic mass is 10.1. The number of anilines is 1. The van der Waals surface area contributed by atoms with Gasteiger partial charge < -0.3 is 5.32 Å². The molecule has 0 aromatic heterocycles. The van der Waals surface area contributed by atoms with Crippen molar-refractivity contribution >= 4 is 15.5 Å². The molecule has 20 heavy (non-hydrogen) atoms. The van der Waals surface area contributed by atoms with Crippen molar-refractivity contribution in [2.45, 2.75) is 30.2 Å². The van der Waals surface area contributed by atoms with Crippen LogP contribution in [0.25, 0.3) is 0 Å². The number of sulfone groups is 1. The molecule has 1 fully saturated rings. The molecule has 0 radical (unpaired) electrons. The minimum atomic E-state index is -5.26. The van der Waals surface area contributed by atoms with Crippen molar-refractivity contribution < 1.29 is 21.6 Å². The van der Waals surface area contributed by atoms with Gasteiger partial charge in [-0.2, -0.15) is 13.2 Å². The Kier molecular flexibility index (Phi) is 4.00. The van der Waals surface area contributed by atoms with E-state index in [0.717, 1.165) is 24.6 Å². The Morgan fingerprint density at radius 3 is 2.25 bits per heavy atom. The zero-order chi connectivity index (χ0) is 15.0. The first-order valence-corrected chi connectivity index (χ1v) is 7.85. The number of rotatable bonds is 5. The average molecular weight is 307 g/mol. The van der Waals surface area contributed by atoms with Crippen LogP contribution in [0.15, 0.2) is 29.2 Å². The topological polar surface area (TPSA) is 46.2 Å². The van der Waals surface area contributed by atoms with Crippen LogP contribution in [-0.2, 0) is 9.84 Å². The van der Waals surface area contributed by atoms with Gasteiger partial charge in [0.05, 0.1) is 4.90 Å². The summed E-state index contributed by atoms with van der Waals surface area (Å²) >= 11 is 0. The maximum atomic E-state index is 12.4. The quantitative estimate of drug-likeness (QED) is 0.906. The summed E-state index contributed by atoms with van der Waals surface area (Å²) in [7, 11) is -5.26. The lowest BCUT2D eigenvalue weighted by molar-refractivity contribution is -0.0436. The van der Waals surface area contributed by atoms with Crippen LogP contribution >= 0.6 is 0 Å². The minimum Gasteiger partial charge on any atom is -0.385 e. The van der Waals surface area contributed by atoms with Crippen molar-refractivity contribution in [3.63, 3.8) is 0 Å². The van der Waals surface area contributed by atoms with E-state index in [2.05, 4.69) is 12.2 Å². The van der Waals surface area contributed by atoms with Gasteiger partial charge in [-0.1, -0.05) is 6.92 Å². The standard InChI is InChI=1S/C13H16F3NO2S/c1-9(10-2-3-10)8-17-11-4-6-12(7-5-11)20(18,19)13(14,15)16/h4-7,9-10,17H,2-3,8H2,1H3. The average Bonchev–Trinajstić information content (AvgIpc) is 3.19. The van der Waals surface area contributed by atoms with E-state index in [1.54, 1.807) is 0 Å². The fraction of sp³-hybridized carbons (Fsp3) is 0.538. The predicted octanol–water partition coefficient (Wildman–Crippen LogP) is 3.44. The first-order chi connectivity index (χ1) is 9.22. The zero-order valence-corrected chi connectivity index (χ0v) is 11.8. The third-order valence-corrected chi connectivity index (χ3v) is 5.03. The van der Waals surface area contributed by atoms with Crippen LogP contribution in [0, 0.1) is 11.8 Å². The molecule has 1 unspecified atom stereocenters. The van der Waals surface area contributed by atoms with Gasteiger partial charge in [0.25, 0.3) is 9.84 Å². The van der Waals surface area contributed by atoms with Crippen molar-refractivity contribution in [3.05, 3.63) is 24.3 Å². The van der Waals surface area contributed by atoms with Crippen molar-refractivity contribution in [1.82, 2.24) is 0 Å². The summed E-state index contributed by atoms with van der Waals surface area (Å²) in [5, 5.41) is 3.11. The summed E-state index contributed by atoms with van der Waals surface area (Å²) < 4.78 is 59.5. The van der Waals surface area contributed by atoms with E-state index < -0.39 is 20.2 Å². The molecule has 112 valence electrons. The number of nitrogens with one attached hydrogen (secondary N) is 1. The lowest BCUT2D eigenvalue weighted by Crippen LogP contribution is -2.23. The van der Waals surface area contributed by atoms with Crippen LogP contribution in [0.2, 0.25) is 0 Å². The van der Waals surface area contributed by atoms with Crippen molar-refractivity contribution in [2.24, 2.45) is 11.8 Å². The minimum absolute atomic E-state index is 0.508. The molecule has 1 N–H and O–H groups in total. The van der Waals surface area contributed by atoms with Crippen LogP contribution in [0.4, 0.5) is 18.9 Å². The third kappa shape index (κ3) is 3.26. The highest BCUT2D eigenvalue weighted by Crippen LogP contribution is 2.36. The first kappa shape index (κ1) is 15.2. The Labute approximate surface area is 116 Å². The SMILES string of the molecule is CC(CNc1ccc(S(=O)(=O)C(F)(F)F)cc1)C1CC1. The zero-order valence-electron chi connectivity index (χ0n) is 10.9. The molecule has 0 aliphatic heterocycles. The van der Waals surface area contributed by atoms with Crippen LogP contribution in [0.1, 0.15) is 19.8 Å². The Hall–Kier alpha value is -1.24. The molecular weight excluding hydrogens is 291 g/mol. The Morgan fingerprint density at radius 1 is 1.25 bits per heavy atom. The van der Waals surface area contributed by atoms with Gasteiger partial charge in [-0.25, -0.2) is 8.42 Å². The van der Waals surface area contributed by atoms with Gasteiger partial charge in [0.2, 0.25) is 0 Å². The van der Waals surface area contributed by atoms with Crippen LogP contribution in [-0.4, -0.2) is 20.5 Å². The fourth-order valence-corrected chi connectivity index (χ4v) is 2.76. The smallest absolute Gasteiger partial charge is 0.385 e. The largest absolute Gasteiger partial charge is 0.501 e. The summed E-state index contributed by atoms with van der Waals surface area (Å²) in [5.74, 6) is 1.24. The van der Waals surface area contributed by atoms with E-state index in [4.69, 9.17) is 0 Å². The predicted molar refractivity (Wildman–Crippen MR) is 70.1 cm³/mol. The van der Waals surface area contributed by atoms with Gasteiger partial charge in [0.1, 0.15) is 0 Å². The highest BCUT2D eigenvalue weighted by atomic mass is 32.2. The van der Waals surface area contributed by atoms with Gasteiger partial charge in [0.15, 0.2) is 0 Å². The fourth-order valence-electron chi connectivity index (χ4n) is 2.00. The first-order valence-electron chi connectivity index (χ1n) is 6.37. The van der Waals surface area contributed by atoms with E-state index in [9.17, 15) is 21.6 Å². The van der Waals surface area contributed by atoms with Gasteiger partial charge in [-0.3, -0.25) is 0 Å². The second kappa shape index (κ2) is 5.27. The Bertz CT molecular complexity index is 562. The molecular formula is C13H16F3NO2S. The summed E-state index contributed by atoms with van der Waals surface area (Å²) in [6.45, 7) is 2.85. The third-order valence-electron chi connectivity index (χ3n) is 3.52. The molecule has 1 aliphatic rings. The van der Waals surface area contributed by atoms with Crippen LogP contribution in [0.3, 0.4) is 0 Å². The number of benzene rings is 1. The molecule has 0 saturated heterocycles. The van der Waals surface area contributed by atoms with Crippen LogP contribution < -0.4 is 5.32 Å². The highest BCUT2D eigenvalue weighted by molar-refractivity contribution is 7.92. The van der Waals surface area contributed by atoms with Gasteiger partial charge in [-0.05, 0) is 48.9 Å². The summed E-state index contributed by atoms with van der Waals surface area (Å²) in [4.78, 5) is -0.731. The summed E-state index contributed by atoms with van der Waals surface area (Å²) in [6, 6.07) is 4.68. The van der Waals surface area contributed by atoms with Crippen molar-refractivity contribution in [1.29, 1.82) is 0 Å². The second-order valence-corrected chi connectivity index (χ2v) is 7.11. The van der Waals surface area contributed by atoms with Crippen LogP contribution in [0.5, 0.6) is 0 Å². The molecule has 1 atom stereocenters. The lowest BCUT2D eigenvalue weighted by Gasteiger charge is -2.13. The van der Waals surface area contributed by atoms with Gasteiger partial charge in [-0.15, -0.1) is 0 Å². The van der Waals surface area contributed by atoms with Gasteiger partial charge in [0, 0.05) is 12.2 Å². The maximum absolute atomic E-state index is 12.4. The van der Waals surface area contributed by atoms with E-state index in [1.165, 1.54) is 25.0 Å². The number of alkyl halides is 3. The Balaban J connectivity index is 2.02. The van der Waals surface area contributed by atoms with E-state index in [1.807, 2.05) is 0 Å². The number of hydrogen-bond acceptors (Lipinski definition) is 3. The van der Waals surface area contributed by atoms with E-state index >= 15 is 0 Å². The van der Waals surface area contributed by atoms with E-state index in [-0.39, 0.29) is 0 Å². The monoisotopic (exact) mass is 307 g/mol. The second-order valence-electron chi connectivity index (χ2n) is 5.17. The molecule has 0 heterocycles. The Morgan fingerprint density at radius 2 is 1.80 bits per heavy atom. The normalized spacial score (nSPS) is 17.8. The van der Waals surface area contributed by atoms with Crippen molar-refractivity contribution in [3.8, 4) is 0 Å². The van der Waals surface area contributed by atoms with Gasteiger partial charge >= 0.3 is 5.51 Å². The summed E-state index contributed by atoms with van der Waals surface area (Å²) in [6.07, 6.45) is 2.46. The molecule has 0 bridgehead atoms. The summed E-state index contributed by atoms with van der Waals surface area (Å²) in [5.41, 5.74) is -4.64. The highest BCUT2D eigenvalue weighted by Gasteiger charge is 2.46. The maximum Gasteiger partial charge on any atom is 0.501 e. The molecule has 1 saturated carbocycles. The number of hydrogen-bond donors (Lipinski definition) is 1. The molecule has 7 heteroatoms. The molecule has 1 aliphatic carbocycles. The molecule has 0 spiro atoms. The van der Waals surface area contributed by atoms with E-state index in [0.29, 0.717) is 11.6 Å². The molecule has 3 nitrogen and oxygen atoms in total. The molecule has 1 aromatic carbocycles. The molecule has 2 rings (SSSR count). The molecule has 1 aromatic rings. The van der Waals surface area contributed by atoms with Crippen molar-refractivity contribution in [2.75, 3.05) is 11.9 Å².